The Morgan fingerprint density at radius 3 is 2.29 bits per heavy atom. The SMILES string of the molecule is CN(C(=O)C(C)(C)N(C=S)c1ccc(ON)c(F)c1)c1ccc(C#N)c(C(F)(F)F)c1. The molecule has 0 aliphatic carbocycles. The summed E-state index contributed by atoms with van der Waals surface area (Å²) < 4.78 is 53.9. The summed E-state index contributed by atoms with van der Waals surface area (Å²) in [7, 11) is 1.29. The van der Waals surface area contributed by atoms with Crippen LogP contribution in [0.15, 0.2) is 36.4 Å². The first-order chi connectivity index (χ1) is 14.4. The number of likely N-dealkylation sites (N-methyl/N-ethyl adjacent to an activating group) is 1. The molecule has 2 N–H and O–H groups in total. The standard InChI is InChI=1S/C20H18F4N4O2S/c1-19(2,28(11-31)14-6-7-17(30-26)16(21)9-14)18(29)27(3)13-5-4-12(10-25)15(8-13)20(22,23)24/h4-9,11H,26H2,1-3H3. The van der Waals surface area contributed by atoms with Crippen LogP contribution in [0.25, 0.3) is 0 Å². The Morgan fingerprint density at radius 2 is 1.81 bits per heavy atom. The second-order valence-corrected chi connectivity index (χ2v) is 7.18. The molecule has 0 aliphatic heterocycles. The van der Waals surface area contributed by atoms with Gasteiger partial charge in [-0.1, -0.05) is 12.2 Å². The highest BCUT2D eigenvalue weighted by molar-refractivity contribution is 7.79. The fourth-order valence-corrected chi connectivity index (χ4v) is 3.34. The molecule has 0 saturated heterocycles. The number of nitrogens with zero attached hydrogens (tertiary/aromatic N) is 3. The maximum absolute atomic E-state index is 14.1. The van der Waals surface area contributed by atoms with E-state index in [0.29, 0.717) is 0 Å². The number of benzene rings is 2. The van der Waals surface area contributed by atoms with Crippen molar-refractivity contribution in [3.8, 4) is 11.8 Å². The minimum Gasteiger partial charge on any atom is -0.408 e. The number of nitriles is 1. The number of nitrogens with two attached hydrogens (primary N) is 1. The molecule has 0 aliphatic rings. The molecule has 1 amide bonds. The normalized spacial score (nSPS) is 11.5. The summed E-state index contributed by atoms with van der Waals surface area (Å²) in [5.74, 6) is 3.33. The minimum atomic E-state index is -4.77. The zero-order valence-corrected chi connectivity index (χ0v) is 17.5. The number of hydrogen-bond acceptors (Lipinski definition) is 5. The molecule has 0 heterocycles. The first-order valence-electron chi connectivity index (χ1n) is 8.69. The van der Waals surface area contributed by atoms with Crippen molar-refractivity contribution in [2.24, 2.45) is 5.90 Å². The van der Waals surface area contributed by atoms with Crippen LogP contribution in [-0.4, -0.2) is 24.0 Å². The number of carbonyl (C=O) groups excluding carboxylic acids is 1. The number of hydrogen-bond donors (Lipinski definition) is 1. The summed E-state index contributed by atoms with van der Waals surface area (Å²) in [6, 6.07) is 8.16. The number of rotatable bonds is 6. The van der Waals surface area contributed by atoms with E-state index in [1.54, 1.807) is 0 Å². The van der Waals surface area contributed by atoms with Crippen molar-refractivity contribution in [1.29, 1.82) is 5.26 Å². The van der Waals surface area contributed by atoms with E-state index in [-0.39, 0.29) is 17.1 Å². The van der Waals surface area contributed by atoms with Gasteiger partial charge in [0.1, 0.15) is 5.54 Å². The van der Waals surface area contributed by atoms with Gasteiger partial charge in [-0.3, -0.25) is 4.79 Å². The maximum Gasteiger partial charge on any atom is 0.417 e. The summed E-state index contributed by atoms with van der Waals surface area (Å²) in [4.78, 5) is 19.9. The Balaban J connectivity index is 2.45. The fourth-order valence-electron chi connectivity index (χ4n) is 2.95. The highest BCUT2D eigenvalue weighted by atomic mass is 32.1. The van der Waals surface area contributed by atoms with Gasteiger partial charge in [-0.15, -0.1) is 0 Å². The van der Waals surface area contributed by atoms with E-state index in [2.05, 4.69) is 4.84 Å². The molecule has 0 aromatic heterocycles. The molecule has 0 saturated carbocycles. The van der Waals surface area contributed by atoms with Crippen LogP contribution in [0, 0.1) is 17.1 Å². The van der Waals surface area contributed by atoms with Crippen LogP contribution in [0.3, 0.4) is 0 Å². The molecular formula is C20H18F4N4O2S. The van der Waals surface area contributed by atoms with Gasteiger partial charge in [0.15, 0.2) is 11.6 Å². The molecule has 2 aromatic carbocycles. The van der Waals surface area contributed by atoms with Crippen molar-refractivity contribution in [3.05, 3.63) is 53.3 Å². The fraction of sp³-hybridized carbons (Fsp3) is 0.250. The molecule has 0 radical (unpaired) electrons. The van der Waals surface area contributed by atoms with Crippen molar-refractivity contribution in [2.45, 2.75) is 25.6 Å². The smallest absolute Gasteiger partial charge is 0.408 e. The van der Waals surface area contributed by atoms with Crippen LogP contribution in [0.2, 0.25) is 0 Å². The summed E-state index contributed by atoms with van der Waals surface area (Å²) in [6.45, 7) is 2.96. The van der Waals surface area contributed by atoms with Gasteiger partial charge in [0, 0.05) is 24.5 Å². The molecule has 0 fully saturated rings. The Bertz CT molecular complexity index is 1050. The van der Waals surface area contributed by atoms with Gasteiger partial charge in [0.05, 0.1) is 22.7 Å². The van der Waals surface area contributed by atoms with E-state index in [1.165, 1.54) is 50.1 Å². The maximum atomic E-state index is 14.1. The largest absolute Gasteiger partial charge is 0.417 e. The topological polar surface area (TPSA) is 82.6 Å². The van der Waals surface area contributed by atoms with Crippen molar-refractivity contribution in [3.63, 3.8) is 0 Å². The van der Waals surface area contributed by atoms with Gasteiger partial charge in [0.25, 0.3) is 5.91 Å². The average Bonchev–Trinajstić information content (AvgIpc) is 2.72. The molecule has 0 spiro atoms. The van der Waals surface area contributed by atoms with Gasteiger partial charge < -0.3 is 14.6 Å². The molecule has 0 bridgehead atoms. The van der Waals surface area contributed by atoms with Crippen LogP contribution in [0.5, 0.6) is 5.75 Å². The number of alkyl halides is 3. The Morgan fingerprint density at radius 1 is 1.19 bits per heavy atom. The number of halogens is 4. The van der Waals surface area contributed by atoms with Crippen molar-refractivity contribution in [1.82, 2.24) is 0 Å². The van der Waals surface area contributed by atoms with E-state index >= 15 is 0 Å². The predicted molar refractivity (Wildman–Crippen MR) is 111 cm³/mol. The summed E-state index contributed by atoms with van der Waals surface area (Å²) in [5, 5.41) is 8.94. The predicted octanol–water partition coefficient (Wildman–Crippen LogP) is 4.17. The van der Waals surface area contributed by atoms with Crippen LogP contribution < -0.4 is 20.5 Å². The van der Waals surface area contributed by atoms with E-state index < -0.39 is 34.6 Å². The van der Waals surface area contributed by atoms with Crippen LogP contribution in [0.4, 0.5) is 28.9 Å². The Hall–Kier alpha value is -3.23. The lowest BCUT2D eigenvalue weighted by Crippen LogP contribution is -2.55. The Labute approximate surface area is 181 Å². The van der Waals surface area contributed by atoms with E-state index in [1.807, 2.05) is 0 Å². The highest BCUT2D eigenvalue weighted by Gasteiger charge is 2.39. The van der Waals surface area contributed by atoms with E-state index in [4.69, 9.17) is 23.4 Å². The molecule has 2 rings (SSSR count). The van der Waals surface area contributed by atoms with Gasteiger partial charge in [-0.25, -0.2) is 4.39 Å². The summed E-state index contributed by atoms with van der Waals surface area (Å²) in [5.41, 5.74) is -1.88. The molecule has 0 atom stereocenters. The lowest BCUT2D eigenvalue weighted by Gasteiger charge is -2.38. The zero-order chi connectivity index (χ0) is 23.6. The second-order valence-electron chi connectivity index (χ2n) is 6.97. The van der Waals surface area contributed by atoms with Gasteiger partial charge in [0.2, 0.25) is 0 Å². The lowest BCUT2D eigenvalue weighted by atomic mass is 9.99. The molecule has 0 unspecified atom stereocenters. The van der Waals surface area contributed by atoms with Crippen LogP contribution in [0.1, 0.15) is 25.0 Å². The number of carbonyl (C=O) groups is 1. The highest BCUT2D eigenvalue weighted by Crippen LogP contribution is 2.35. The molecule has 6 nitrogen and oxygen atoms in total. The molecule has 31 heavy (non-hydrogen) atoms. The summed E-state index contributed by atoms with van der Waals surface area (Å²) >= 11 is 5.00. The van der Waals surface area contributed by atoms with Crippen LogP contribution >= 0.6 is 12.2 Å². The molecule has 2 aromatic rings. The van der Waals surface area contributed by atoms with Crippen molar-refractivity contribution >= 4 is 35.0 Å². The lowest BCUT2D eigenvalue weighted by molar-refractivity contribution is -0.137. The molecule has 164 valence electrons. The summed E-state index contributed by atoms with van der Waals surface area (Å²) in [6.07, 6.45) is -4.77. The van der Waals surface area contributed by atoms with Gasteiger partial charge in [-0.05, 0) is 44.2 Å². The molecule has 11 heteroatoms. The quantitative estimate of drug-likeness (QED) is 0.401. The molecular weight excluding hydrogens is 436 g/mol. The monoisotopic (exact) mass is 454 g/mol. The average molecular weight is 454 g/mol. The second kappa shape index (κ2) is 8.87. The van der Waals surface area contributed by atoms with Crippen LogP contribution in [-0.2, 0) is 11.0 Å². The van der Waals surface area contributed by atoms with E-state index in [9.17, 15) is 22.4 Å². The minimum absolute atomic E-state index is 0.0771. The number of anilines is 2. The third-order valence-corrected chi connectivity index (χ3v) is 4.88. The third kappa shape index (κ3) is 4.76. The first-order valence-corrected chi connectivity index (χ1v) is 9.16. The van der Waals surface area contributed by atoms with E-state index in [0.717, 1.165) is 28.6 Å². The Kier molecular flexibility index (Phi) is 6.88. The number of amides is 1. The van der Waals surface area contributed by atoms with Crippen molar-refractivity contribution < 1.29 is 27.2 Å². The zero-order valence-electron chi connectivity index (χ0n) is 16.7. The first kappa shape index (κ1) is 24.0. The third-order valence-electron chi connectivity index (χ3n) is 4.67. The number of thiocarbonyl (C=S) groups is 1. The van der Waals surface area contributed by atoms with Gasteiger partial charge in [-0.2, -0.15) is 24.3 Å². The van der Waals surface area contributed by atoms with Crippen molar-refractivity contribution in [2.75, 3.05) is 16.8 Å². The van der Waals surface area contributed by atoms with Gasteiger partial charge >= 0.3 is 6.18 Å².